The topological polar surface area (TPSA) is 63.6 Å². The van der Waals surface area contributed by atoms with E-state index in [1.807, 2.05) is 0 Å². The van der Waals surface area contributed by atoms with Crippen molar-refractivity contribution in [2.45, 2.75) is 65.7 Å². The normalized spacial score (nSPS) is 12.9. The van der Waals surface area contributed by atoms with Crippen LogP contribution in [0, 0.1) is 5.41 Å². The molecule has 0 atom stereocenters. The molecule has 0 radical (unpaired) electrons. The molecule has 0 unspecified atom stereocenters. The van der Waals surface area contributed by atoms with Crippen LogP contribution < -0.4 is 0 Å². The Kier molecular flexibility index (Phi) is 8.00. The average Bonchev–Trinajstić information content (AvgIpc) is 2.11. The van der Waals surface area contributed by atoms with Gasteiger partial charge < -0.3 is 0 Å². The summed E-state index contributed by atoms with van der Waals surface area (Å²) in [6, 6.07) is 0. The van der Waals surface area contributed by atoms with Gasteiger partial charge in [0.2, 0.25) is 0 Å². The average molecular weight is 266 g/mol. The Morgan fingerprint density at radius 3 is 1.88 bits per heavy atom. The fourth-order valence-corrected chi connectivity index (χ4v) is 1.96. The number of rotatable bonds is 9. The summed E-state index contributed by atoms with van der Waals surface area (Å²) in [5.74, 6) is 0. The van der Waals surface area contributed by atoms with Crippen LogP contribution in [0.25, 0.3) is 0 Å². The van der Waals surface area contributed by atoms with Crippen LogP contribution in [0.2, 0.25) is 0 Å². The Morgan fingerprint density at radius 1 is 0.941 bits per heavy atom. The molecule has 0 bridgehead atoms. The summed E-state index contributed by atoms with van der Waals surface area (Å²) in [7, 11) is -4.24. The summed E-state index contributed by atoms with van der Waals surface area (Å²) in [5.41, 5.74) is 0.420. The maximum absolute atomic E-state index is 10.2. The van der Waals surface area contributed by atoms with Crippen LogP contribution in [0.15, 0.2) is 0 Å². The molecule has 5 heteroatoms. The smallest absolute Gasteiger partial charge is 0.264 e. The van der Waals surface area contributed by atoms with Gasteiger partial charge in [0.1, 0.15) is 0 Å². The molecule has 1 N–H and O–H groups in total. The van der Waals surface area contributed by atoms with Crippen LogP contribution in [0.4, 0.5) is 0 Å². The van der Waals surface area contributed by atoms with Gasteiger partial charge in [0.15, 0.2) is 0 Å². The molecular weight excluding hydrogens is 240 g/mol. The first-order valence-electron chi connectivity index (χ1n) is 6.32. The molecule has 0 fully saturated rings. The van der Waals surface area contributed by atoms with Crippen LogP contribution in [0.5, 0.6) is 0 Å². The first-order chi connectivity index (χ1) is 7.71. The maximum atomic E-state index is 10.2. The third-order valence-corrected chi connectivity index (χ3v) is 3.02. The van der Waals surface area contributed by atoms with E-state index in [0.29, 0.717) is 11.8 Å². The summed E-state index contributed by atoms with van der Waals surface area (Å²) in [6.07, 6.45) is 7.64. The second-order valence-electron chi connectivity index (χ2n) is 5.68. The van der Waals surface area contributed by atoms with E-state index >= 15 is 0 Å². The summed E-state index contributed by atoms with van der Waals surface area (Å²) in [6.45, 7) is 6.83. The van der Waals surface area contributed by atoms with Crippen molar-refractivity contribution in [3.05, 3.63) is 0 Å². The SMILES string of the molecule is CC(C)(C)CCCCCCCCOS(=O)(=O)O. The molecular formula is C12H26O4S. The van der Waals surface area contributed by atoms with Gasteiger partial charge >= 0.3 is 10.4 Å². The van der Waals surface area contributed by atoms with Gasteiger partial charge in [-0.15, -0.1) is 0 Å². The van der Waals surface area contributed by atoms with Crippen LogP contribution >= 0.6 is 0 Å². The predicted octanol–water partition coefficient (Wildman–Crippen LogP) is 3.58. The van der Waals surface area contributed by atoms with Crippen LogP contribution in [0.3, 0.4) is 0 Å². The zero-order valence-electron chi connectivity index (χ0n) is 11.2. The maximum Gasteiger partial charge on any atom is 0.397 e. The van der Waals surface area contributed by atoms with Gasteiger partial charge in [0.25, 0.3) is 0 Å². The minimum absolute atomic E-state index is 0.0842. The Bertz CT molecular complexity index is 277. The molecule has 0 saturated carbocycles. The lowest BCUT2D eigenvalue weighted by molar-refractivity contribution is 0.261. The van der Waals surface area contributed by atoms with Crippen molar-refractivity contribution in [3.63, 3.8) is 0 Å². The third-order valence-electron chi connectivity index (χ3n) is 2.55. The fourth-order valence-electron chi connectivity index (χ4n) is 1.63. The van der Waals surface area contributed by atoms with Gasteiger partial charge in [-0.2, -0.15) is 8.42 Å². The molecule has 4 nitrogen and oxygen atoms in total. The molecule has 0 aliphatic rings. The minimum Gasteiger partial charge on any atom is -0.264 e. The standard InChI is InChI=1S/C12H26O4S/c1-12(2,3)10-8-6-4-5-7-9-11-16-17(13,14)15/h4-11H2,1-3H3,(H,13,14,15). The molecule has 0 spiro atoms. The summed E-state index contributed by atoms with van der Waals surface area (Å²) in [4.78, 5) is 0. The van der Waals surface area contributed by atoms with E-state index < -0.39 is 10.4 Å². The largest absolute Gasteiger partial charge is 0.397 e. The lowest BCUT2D eigenvalue weighted by atomic mass is 9.89. The van der Waals surface area contributed by atoms with Gasteiger partial charge in [-0.05, 0) is 18.3 Å². The van der Waals surface area contributed by atoms with E-state index in [1.54, 1.807) is 0 Å². The van der Waals surface area contributed by atoms with Gasteiger partial charge in [0, 0.05) is 0 Å². The zero-order chi connectivity index (χ0) is 13.4. The molecule has 0 aliphatic heterocycles. The lowest BCUT2D eigenvalue weighted by Crippen LogP contribution is -2.04. The van der Waals surface area contributed by atoms with E-state index in [0.717, 1.165) is 12.8 Å². The number of unbranched alkanes of at least 4 members (excludes halogenated alkanes) is 5. The van der Waals surface area contributed by atoms with Gasteiger partial charge in [-0.1, -0.05) is 52.9 Å². The minimum atomic E-state index is -4.24. The molecule has 0 aliphatic carbocycles. The summed E-state index contributed by atoms with van der Waals surface area (Å²) < 4.78 is 33.0. The van der Waals surface area contributed by atoms with E-state index in [9.17, 15) is 8.42 Å². The van der Waals surface area contributed by atoms with Gasteiger partial charge in [-0.3, -0.25) is 4.55 Å². The zero-order valence-corrected chi connectivity index (χ0v) is 12.1. The van der Waals surface area contributed by atoms with Crippen molar-refractivity contribution in [2.75, 3.05) is 6.61 Å². The Balaban J connectivity index is 3.20. The van der Waals surface area contributed by atoms with Crippen molar-refractivity contribution in [2.24, 2.45) is 5.41 Å². The summed E-state index contributed by atoms with van der Waals surface area (Å²) >= 11 is 0. The molecule has 0 aromatic rings. The second-order valence-corrected chi connectivity index (χ2v) is 6.77. The lowest BCUT2D eigenvalue weighted by Gasteiger charge is -2.17. The predicted molar refractivity (Wildman–Crippen MR) is 69.3 cm³/mol. The van der Waals surface area contributed by atoms with Crippen LogP contribution in [0.1, 0.15) is 65.7 Å². The van der Waals surface area contributed by atoms with Gasteiger partial charge in [-0.25, -0.2) is 4.18 Å². The first-order valence-corrected chi connectivity index (χ1v) is 7.69. The Morgan fingerprint density at radius 2 is 1.41 bits per heavy atom. The highest BCUT2D eigenvalue weighted by atomic mass is 32.3. The molecule has 0 aromatic heterocycles. The van der Waals surface area contributed by atoms with Crippen LogP contribution in [-0.2, 0) is 14.6 Å². The number of hydrogen-bond donors (Lipinski definition) is 1. The molecule has 0 aromatic carbocycles. The highest BCUT2D eigenvalue weighted by Crippen LogP contribution is 2.22. The highest BCUT2D eigenvalue weighted by molar-refractivity contribution is 7.80. The second kappa shape index (κ2) is 8.06. The van der Waals surface area contributed by atoms with Crippen molar-refractivity contribution < 1.29 is 17.2 Å². The van der Waals surface area contributed by atoms with Crippen molar-refractivity contribution in [1.82, 2.24) is 0 Å². The number of hydrogen-bond acceptors (Lipinski definition) is 3. The van der Waals surface area contributed by atoms with E-state index in [1.165, 1.54) is 25.7 Å². The molecule has 0 heterocycles. The first kappa shape index (κ1) is 16.9. The molecule has 0 rings (SSSR count). The molecule has 104 valence electrons. The molecule has 0 saturated heterocycles. The van der Waals surface area contributed by atoms with E-state index in [4.69, 9.17) is 4.55 Å². The van der Waals surface area contributed by atoms with Crippen molar-refractivity contribution >= 4 is 10.4 Å². The van der Waals surface area contributed by atoms with Crippen LogP contribution in [-0.4, -0.2) is 19.6 Å². The molecule has 17 heavy (non-hydrogen) atoms. The van der Waals surface area contributed by atoms with E-state index in [-0.39, 0.29) is 6.61 Å². The quantitative estimate of drug-likeness (QED) is 0.512. The van der Waals surface area contributed by atoms with Crippen molar-refractivity contribution in [1.29, 1.82) is 0 Å². The monoisotopic (exact) mass is 266 g/mol. The Hall–Kier alpha value is -0.130. The Labute approximate surface area is 106 Å². The van der Waals surface area contributed by atoms with Crippen molar-refractivity contribution in [3.8, 4) is 0 Å². The summed E-state index contributed by atoms with van der Waals surface area (Å²) in [5, 5.41) is 0. The third kappa shape index (κ3) is 15.9. The molecule has 0 amide bonds. The highest BCUT2D eigenvalue weighted by Gasteiger charge is 2.08. The van der Waals surface area contributed by atoms with Gasteiger partial charge in [0.05, 0.1) is 6.61 Å². The van der Waals surface area contributed by atoms with E-state index in [2.05, 4.69) is 25.0 Å². The fraction of sp³-hybridized carbons (Fsp3) is 1.00.